The minimum absolute atomic E-state index is 0.145. The molecule has 0 saturated carbocycles. The summed E-state index contributed by atoms with van der Waals surface area (Å²) >= 11 is 0. The minimum Gasteiger partial charge on any atom is -0.479 e. The van der Waals surface area contributed by atoms with Gasteiger partial charge in [-0.2, -0.15) is 0 Å². The Morgan fingerprint density at radius 1 is 1.24 bits per heavy atom. The largest absolute Gasteiger partial charge is 0.479 e. The van der Waals surface area contributed by atoms with Crippen molar-refractivity contribution in [3.05, 3.63) is 35.6 Å². The number of hydrogen-bond acceptors (Lipinski definition) is 4. The number of carboxylic acids is 1. The molecule has 7 nitrogen and oxygen atoms in total. The Kier molecular flexibility index (Phi) is 6.46. The Bertz CT molecular complexity index is 634. The summed E-state index contributed by atoms with van der Waals surface area (Å²) < 4.78 is 18.1. The number of carbonyl (C=O) groups excluding carboxylic acids is 2. The van der Waals surface area contributed by atoms with E-state index in [1.807, 2.05) is 0 Å². The Labute approximate surface area is 144 Å². The SMILES string of the molecule is CCN(CC(=O)NCc1ccc(F)cc1)C(=O)[C@@H]1CC[C@H](C(=O)O)O1. The van der Waals surface area contributed by atoms with Crippen LogP contribution in [-0.2, 0) is 25.7 Å². The van der Waals surface area contributed by atoms with Crippen LogP contribution in [0.4, 0.5) is 4.39 Å². The summed E-state index contributed by atoms with van der Waals surface area (Å²) in [5, 5.41) is 11.6. The maximum Gasteiger partial charge on any atom is 0.332 e. The van der Waals surface area contributed by atoms with Gasteiger partial charge in [0.15, 0.2) is 6.10 Å². The minimum atomic E-state index is -1.09. The van der Waals surface area contributed by atoms with Crippen LogP contribution in [0.15, 0.2) is 24.3 Å². The summed E-state index contributed by atoms with van der Waals surface area (Å²) in [5.41, 5.74) is 0.743. The number of nitrogens with one attached hydrogen (secondary N) is 1. The van der Waals surface area contributed by atoms with Gasteiger partial charge >= 0.3 is 5.97 Å². The monoisotopic (exact) mass is 352 g/mol. The number of hydrogen-bond donors (Lipinski definition) is 2. The quantitative estimate of drug-likeness (QED) is 0.761. The van der Waals surface area contributed by atoms with Crippen molar-refractivity contribution in [3.8, 4) is 0 Å². The first kappa shape index (κ1) is 18.9. The lowest BCUT2D eigenvalue weighted by Gasteiger charge is -2.23. The number of likely N-dealkylation sites (N-methyl/N-ethyl adjacent to an activating group) is 1. The van der Waals surface area contributed by atoms with Crippen molar-refractivity contribution in [2.75, 3.05) is 13.1 Å². The average Bonchev–Trinajstić information content (AvgIpc) is 3.09. The second-order valence-corrected chi connectivity index (χ2v) is 5.78. The summed E-state index contributed by atoms with van der Waals surface area (Å²) in [5.74, 6) is -2.18. The van der Waals surface area contributed by atoms with Gasteiger partial charge < -0.3 is 20.1 Å². The number of benzene rings is 1. The molecule has 136 valence electrons. The highest BCUT2D eigenvalue weighted by atomic mass is 19.1. The molecule has 0 bridgehead atoms. The predicted octanol–water partition coefficient (Wildman–Crippen LogP) is 0.923. The Balaban J connectivity index is 1.83. The fourth-order valence-corrected chi connectivity index (χ4v) is 2.58. The number of carboxylic acid groups (broad SMARTS) is 1. The van der Waals surface area contributed by atoms with Crippen LogP contribution < -0.4 is 5.32 Å². The van der Waals surface area contributed by atoms with E-state index in [0.717, 1.165) is 5.56 Å². The number of ether oxygens (including phenoxy) is 1. The van der Waals surface area contributed by atoms with E-state index in [9.17, 15) is 18.8 Å². The molecule has 8 heteroatoms. The maximum absolute atomic E-state index is 12.8. The summed E-state index contributed by atoms with van der Waals surface area (Å²) in [6, 6.07) is 5.74. The van der Waals surface area contributed by atoms with E-state index in [1.54, 1.807) is 19.1 Å². The molecule has 2 amide bonds. The highest BCUT2D eigenvalue weighted by Crippen LogP contribution is 2.21. The van der Waals surface area contributed by atoms with Gasteiger partial charge in [-0.1, -0.05) is 12.1 Å². The summed E-state index contributed by atoms with van der Waals surface area (Å²) in [6.07, 6.45) is -1.20. The van der Waals surface area contributed by atoms with Gasteiger partial charge in [0.1, 0.15) is 11.9 Å². The second-order valence-electron chi connectivity index (χ2n) is 5.78. The third-order valence-corrected chi connectivity index (χ3v) is 4.00. The van der Waals surface area contributed by atoms with Gasteiger partial charge in [0.2, 0.25) is 5.91 Å². The van der Waals surface area contributed by atoms with Crippen molar-refractivity contribution in [2.24, 2.45) is 0 Å². The van der Waals surface area contributed by atoms with Gasteiger partial charge in [-0.3, -0.25) is 9.59 Å². The van der Waals surface area contributed by atoms with Crippen molar-refractivity contribution in [1.29, 1.82) is 0 Å². The molecule has 2 N–H and O–H groups in total. The number of rotatable bonds is 7. The molecule has 1 aromatic rings. The highest BCUT2D eigenvalue weighted by molar-refractivity contribution is 5.87. The van der Waals surface area contributed by atoms with Crippen LogP contribution in [0.1, 0.15) is 25.3 Å². The second kappa shape index (κ2) is 8.57. The van der Waals surface area contributed by atoms with Crippen molar-refractivity contribution in [3.63, 3.8) is 0 Å². The first-order valence-electron chi connectivity index (χ1n) is 8.09. The van der Waals surface area contributed by atoms with E-state index in [2.05, 4.69) is 5.32 Å². The fraction of sp³-hybridized carbons (Fsp3) is 0.471. The normalized spacial score (nSPS) is 19.4. The molecule has 1 aromatic carbocycles. The molecule has 25 heavy (non-hydrogen) atoms. The molecule has 1 aliphatic heterocycles. The topological polar surface area (TPSA) is 95.9 Å². The van der Waals surface area contributed by atoms with Gasteiger partial charge in [-0.25, -0.2) is 9.18 Å². The van der Waals surface area contributed by atoms with E-state index in [-0.39, 0.29) is 37.1 Å². The van der Waals surface area contributed by atoms with Crippen LogP contribution >= 0.6 is 0 Å². The third kappa shape index (κ3) is 5.25. The van der Waals surface area contributed by atoms with E-state index in [0.29, 0.717) is 13.0 Å². The molecule has 0 spiro atoms. The number of aliphatic carboxylic acids is 1. The lowest BCUT2D eigenvalue weighted by molar-refractivity contribution is -0.155. The first-order chi connectivity index (χ1) is 11.9. The molecular weight excluding hydrogens is 331 g/mol. The molecular formula is C17H21FN2O5. The van der Waals surface area contributed by atoms with Gasteiger partial charge in [-0.05, 0) is 37.5 Å². The van der Waals surface area contributed by atoms with Crippen LogP contribution in [0.3, 0.4) is 0 Å². The van der Waals surface area contributed by atoms with Crippen molar-refractivity contribution < 1.29 is 28.6 Å². The third-order valence-electron chi connectivity index (χ3n) is 4.00. The molecule has 0 radical (unpaired) electrons. The summed E-state index contributed by atoms with van der Waals surface area (Å²) in [6.45, 7) is 2.12. The highest BCUT2D eigenvalue weighted by Gasteiger charge is 2.36. The molecule has 1 saturated heterocycles. The fourth-order valence-electron chi connectivity index (χ4n) is 2.58. The number of halogens is 1. The van der Waals surface area contributed by atoms with Crippen molar-refractivity contribution >= 4 is 17.8 Å². The molecule has 1 heterocycles. The Hall–Kier alpha value is -2.48. The van der Waals surface area contributed by atoms with Gasteiger partial charge in [0, 0.05) is 13.1 Å². The van der Waals surface area contributed by atoms with E-state index in [1.165, 1.54) is 17.0 Å². The number of nitrogens with zero attached hydrogens (tertiary/aromatic N) is 1. The lowest BCUT2D eigenvalue weighted by atomic mass is 10.2. The zero-order chi connectivity index (χ0) is 18.4. The van der Waals surface area contributed by atoms with Crippen LogP contribution in [0, 0.1) is 5.82 Å². The molecule has 0 aromatic heterocycles. The van der Waals surface area contributed by atoms with Crippen LogP contribution in [0.2, 0.25) is 0 Å². The predicted molar refractivity (Wildman–Crippen MR) is 86.0 cm³/mol. The van der Waals surface area contributed by atoms with Crippen LogP contribution in [0.5, 0.6) is 0 Å². The zero-order valence-corrected chi connectivity index (χ0v) is 13.9. The smallest absolute Gasteiger partial charge is 0.332 e. The van der Waals surface area contributed by atoms with Gasteiger partial charge in [0.25, 0.3) is 5.91 Å². The molecule has 1 fully saturated rings. The van der Waals surface area contributed by atoms with E-state index in [4.69, 9.17) is 9.84 Å². The lowest BCUT2D eigenvalue weighted by Crippen LogP contribution is -2.45. The number of amides is 2. The zero-order valence-electron chi connectivity index (χ0n) is 13.9. The Morgan fingerprint density at radius 3 is 2.44 bits per heavy atom. The standard InChI is InChI=1S/C17H21FN2O5/c1-2-20(16(22)13-7-8-14(25-13)17(23)24)10-15(21)19-9-11-3-5-12(18)6-4-11/h3-6,13-14H,2,7-10H2,1H3,(H,19,21)(H,23,24)/t13-,14+/m0/s1. The number of carbonyl (C=O) groups is 3. The van der Waals surface area contributed by atoms with Gasteiger partial charge in [-0.15, -0.1) is 0 Å². The summed E-state index contributed by atoms with van der Waals surface area (Å²) in [7, 11) is 0. The van der Waals surface area contributed by atoms with E-state index < -0.39 is 18.2 Å². The molecule has 0 aliphatic carbocycles. The summed E-state index contributed by atoms with van der Waals surface area (Å²) in [4.78, 5) is 36.6. The van der Waals surface area contributed by atoms with Crippen molar-refractivity contribution in [1.82, 2.24) is 10.2 Å². The molecule has 0 unspecified atom stereocenters. The van der Waals surface area contributed by atoms with Gasteiger partial charge in [0.05, 0.1) is 6.54 Å². The van der Waals surface area contributed by atoms with E-state index >= 15 is 0 Å². The molecule has 1 aliphatic rings. The molecule has 2 atom stereocenters. The first-order valence-corrected chi connectivity index (χ1v) is 8.09. The van der Waals surface area contributed by atoms with Crippen molar-refractivity contribution in [2.45, 2.75) is 38.5 Å². The molecule has 2 rings (SSSR count). The Morgan fingerprint density at radius 2 is 1.88 bits per heavy atom. The average molecular weight is 352 g/mol. The van der Waals surface area contributed by atoms with Crippen LogP contribution in [0.25, 0.3) is 0 Å². The van der Waals surface area contributed by atoms with Crippen LogP contribution in [-0.4, -0.2) is 53.1 Å². The maximum atomic E-state index is 12.8.